The van der Waals surface area contributed by atoms with E-state index in [9.17, 15) is 4.39 Å². The smallest absolute Gasteiger partial charge is 0.193 e. The lowest BCUT2D eigenvalue weighted by Crippen LogP contribution is -2.24. The number of benzene rings is 1. The molecule has 1 rings (SSSR count). The van der Waals surface area contributed by atoms with E-state index in [0.29, 0.717) is 29.7 Å². The molecule has 0 aromatic heterocycles. The van der Waals surface area contributed by atoms with Crippen LogP contribution in [0.5, 0.6) is 0 Å². The molecule has 1 aromatic rings. The maximum absolute atomic E-state index is 13.2. The molecular formula is C12H18FN3. The molecule has 0 heterocycles. The van der Waals surface area contributed by atoms with Crippen LogP contribution in [0, 0.1) is 18.7 Å². The lowest BCUT2D eigenvalue weighted by Gasteiger charge is -2.09. The third-order valence-electron chi connectivity index (χ3n) is 2.16. The average molecular weight is 223 g/mol. The molecule has 3 nitrogen and oxygen atoms in total. The summed E-state index contributed by atoms with van der Waals surface area (Å²) in [6.45, 7) is 6.48. The van der Waals surface area contributed by atoms with E-state index in [1.165, 1.54) is 6.07 Å². The lowest BCUT2D eigenvalue weighted by atomic mass is 10.2. The quantitative estimate of drug-likeness (QED) is 0.611. The average Bonchev–Trinajstić information content (AvgIpc) is 2.22. The molecule has 0 fully saturated rings. The molecule has 88 valence electrons. The number of aliphatic imine (C=N–C) groups is 1. The predicted molar refractivity (Wildman–Crippen MR) is 66.1 cm³/mol. The summed E-state index contributed by atoms with van der Waals surface area (Å²) in [7, 11) is 0. The molecule has 0 aliphatic carbocycles. The maximum Gasteiger partial charge on any atom is 0.193 e. The number of anilines is 1. The minimum absolute atomic E-state index is 0.248. The first kappa shape index (κ1) is 12.5. The number of halogens is 1. The Bertz CT molecular complexity index is 386. The molecule has 1 aromatic carbocycles. The van der Waals surface area contributed by atoms with Crippen LogP contribution in [0.25, 0.3) is 0 Å². The molecule has 0 saturated carbocycles. The highest BCUT2D eigenvalue weighted by molar-refractivity contribution is 5.92. The Morgan fingerprint density at radius 2 is 2.19 bits per heavy atom. The van der Waals surface area contributed by atoms with Crippen molar-refractivity contribution < 1.29 is 4.39 Å². The van der Waals surface area contributed by atoms with Gasteiger partial charge in [-0.15, -0.1) is 0 Å². The second-order valence-corrected chi connectivity index (χ2v) is 4.16. The van der Waals surface area contributed by atoms with Crippen molar-refractivity contribution in [2.24, 2.45) is 16.6 Å². The molecule has 16 heavy (non-hydrogen) atoms. The molecule has 0 aliphatic heterocycles. The zero-order valence-corrected chi connectivity index (χ0v) is 9.92. The lowest BCUT2D eigenvalue weighted by molar-refractivity contribution is 0.619. The Kier molecular flexibility index (Phi) is 4.28. The summed E-state index contributed by atoms with van der Waals surface area (Å²) in [6.07, 6.45) is 0. The molecule has 0 aliphatic rings. The number of rotatable bonds is 3. The van der Waals surface area contributed by atoms with Crippen LogP contribution in [-0.4, -0.2) is 12.5 Å². The van der Waals surface area contributed by atoms with Gasteiger partial charge in [-0.25, -0.2) is 4.39 Å². The van der Waals surface area contributed by atoms with Crippen molar-refractivity contribution in [2.75, 3.05) is 11.9 Å². The van der Waals surface area contributed by atoms with Crippen LogP contribution in [0.4, 0.5) is 10.1 Å². The van der Waals surface area contributed by atoms with Gasteiger partial charge in [0, 0.05) is 17.8 Å². The van der Waals surface area contributed by atoms with Crippen molar-refractivity contribution in [1.29, 1.82) is 0 Å². The van der Waals surface area contributed by atoms with Gasteiger partial charge in [-0.2, -0.15) is 0 Å². The van der Waals surface area contributed by atoms with E-state index in [2.05, 4.69) is 24.2 Å². The number of nitrogens with one attached hydrogen (secondary N) is 1. The summed E-state index contributed by atoms with van der Waals surface area (Å²) < 4.78 is 13.2. The van der Waals surface area contributed by atoms with Crippen molar-refractivity contribution in [2.45, 2.75) is 20.8 Å². The fourth-order valence-electron chi connectivity index (χ4n) is 1.20. The standard InChI is InChI=1S/C12H18FN3/c1-8(2)7-15-12(14)16-11-6-4-5-10(13)9(11)3/h4-6,8H,7H2,1-3H3,(H3,14,15,16). The van der Waals surface area contributed by atoms with Crippen LogP contribution >= 0.6 is 0 Å². The summed E-state index contributed by atoms with van der Waals surface area (Å²) >= 11 is 0. The Hall–Kier alpha value is -1.58. The number of nitrogens with zero attached hydrogens (tertiary/aromatic N) is 1. The fraction of sp³-hybridized carbons (Fsp3) is 0.417. The largest absolute Gasteiger partial charge is 0.370 e. The molecule has 0 unspecified atom stereocenters. The number of nitrogens with two attached hydrogens (primary N) is 1. The molecule has 0 spiro atoms. The highest BCUT2D eigenvalue weighted by Gasteiger charge is 2.03. The summed E-state index contributed by atoms with van der Waals surface area (Å²) in [5.74, 6) is 0.526. The van der Waals surface area contributed by atoms with Gasteiger partial charge >= 0.3 is 0 Å². The molecular weight excluding hydrogens is 205 g/mol. The Labute approximate surface area is 95.6 Å². The highest BCUT2D eigenvalue weighted by atomic mass is 19.1. The minimum Gasteiger partial charge on any atom is -0.370 e. The second kappa shape index (κ2) is 5.49. The van der Waals surface area contributed by atoms with Crippen molar-refractivity contribution in [3.05, 3.63) is 29.6 Å². The van der Waals surface area contributed by atoms with Crippen LogP contribution in [0.15, 0.2) is 23.2 Å². The highest BCUT2D eigenvalue weighted by Crippen LogP contribution is 2.16. The molecule has 0 amide bonds. The van der Waals surface area contributed by atoms with E-state index >= 15 is 0 Å². The van der Waals surface area contributed by atoms with Crippen molar-refractivity contribution in [1.82, 2.24) is 0 Å². The molecule has 0 saturated heterocycles. The van der Waals surface area contributed by atoms with Crippen molar-refractivity contribution in [3.63, 3.8) is 0 Å². The first-order valence-corrected chi connectivity index (χ1v) is 5.32. The Morgan fingerprint density at radius 3 is 2.81 bits per heavy atom. The third-order valence-corrected chi connectivity index (χ3v) is 2.16. The molecule has 0 radical (unpaired) electrons. The van der Waals surface area contributed by atoms with Gasteiger partial charge in [0.25, 0.3) is 0 Å². The minimum atomic E-state index is -0.248. The van der Waals surface area contributed by atoms with Gasteiger partial charge in [0.05, 0.1) is 0 Å². The Morgan fingerprint density at radius 1 is 1.50 bits per heavy atom. The normalized spacial score (nSPS) is 11.9. The van der Waals surface area contributed by atoms with E-state index < -0.39 is 0 Å². The van der Waals surface area contributed by atoms with Crippen LogP contribution < -0.4 is 11.1 Å². The van der Waals surface area contributed by atoms with Crippen molar-refractivity contribution >= 4 is 11.6 Å². The van der Waals surface area contributed by atoms with E-state index in [4.69, 9.17) is 5.73 Å². The van der Waals surface area contributed by atoms with Gasteiger partial charge in [-0.3, -0.25) is 4.99 Å². The van der Waals surface area contributed by atoms with Crippen LogP contribution in [0.1, 0.15) is 19.4 Å². The molecule has 4 heteroatoms. The summed E-state index contributed by atoms with van der Waals surface area (Å²) in [6, 6.07) is 4.83. The Balaban J connectivity index is 2.73. The van der Waals surface area contributed by atoms with E-state index in [0.717, 1.165) is 0 Å². The van der Waals surface area contributed by atoms with Crippen LogP contribution in [0.3, 0.4) is 0 Å². The third kappa shape index (κ3) is 3.53. The zero-order chi connectivity index (χ0) is 12.1. The van der Waals surface area contributed by atoms with Crippen LogP contribution in [-0.2, 0) is 0 Å². The second-order valence-electron chi connectivity index (χ2n) is 4.16. The van der Waals surface area contributed by atoms with E-state index in [1.54, 1.807) is 19.1 Å². The van der Waals surface area contributed by atoms with Crippen LogP contribution in [0.2, 0.25) is 0 Å². The first-order valence-electron chi connectivity index (χ1n) is 5.32. The topological polar surface area (TPSA) is 50.4 Å². The van der Waals surface area contributed by atoms with Gasteiger partial charge in [-0.05, 0) is 25.0 Å². The first-order chi connectivity index (χ1) is 7.50. The number of hydrogen-bond donors (Lipinski definition) is 2. The van der Waals surface area contributed by atoms with Gasteiger partial charge in [0.2, 0.25) is 0 Å². The summed E-state index contributed by atoms with van der Waals surface area (Å²) in [5, 5.41) is 2.89. The molecule has 0 atom stereocenters. The van der Waals surface area contributed by atoms with Crippen molar-refractivity contribution in [3.8, 4) is 0 Å². The van der Waals surface area contributed by atoms with E-state index in [-0.39, 0.29) is 5.82 Å². The monoisotopic (exact) mass is 223 g/mol. The van der Waals surface area contributed by atoms with Gasteiger partial charge in [-0.1, -0.05) is 19.9 Å². The van der Waals surface area contributed by atoms with Gasteiger partial charge in [0.1, 0.15) is 5.82 Å². The molecule has 0 bridgehead atoms. The number of guanidine groups is 1. The fourth-order valence-corrected chi connectivity index (χ4v) is 1.20. The summed E-state index contributed by atoms with van der Waals surface area (Å²) in [4.78, 5) is 4.15. The SMILES string of the molecule is Cc1c(F)cccc1NC(N)=NCC(C)C. The van der Waals surface area contributed by atoms with E-state index in [1.807, 2.05) is 0 Å². The zero-order valence-electron chi connectivity index (χ0n) is 9.92. The summed E-state index contributed by atoms with van der Waals surface area (Å²) in [5.41, 5.74) is 6.89. The number of hydrogen-bond acceptors (Lipinski definition) is 1. The van der Waals surface area contributed by atoms with Gasteiger partial charge < -0.3 is 11.1 Å². The molecule has 3 N–H and O–H groups in total. The maximum atomic E-state index is 13.2. The predicted octanol–water partition coefficient (Wildman–Crippen LogP) is 2.52. The van der Waals surface area contributed by atoms with Gasteiger partial charge in [0.15, 0.2) is 5.96 Å².